The average molecular weight is 273 g/mol. The molecular weight excluding hydrogens is 253 g/mol. The second kappa shape index (κ2) is 4.29. The van der Waals surface area contributed by atoms with Crippen LogP contribution >= 0.6 is 0 Å². The second-order valence-electron chi connectivity index (χ2n) is 6.50. The van der Waals surface area contributed by atoms with Gasteiger partial charge in [-0.2, -0.15) is 0 Å². The fraction of sp³-hybridized carbons (Fsp3) is 0.562. The summed E-state index contributed by atoms with van der Waals surface area (Å²) in [5, 5.41) is 0. The number of hydrogen-bond donors (Lipinski definition) is 1. The molecule has 1 aromatic carbocycles. The molecule has 0 saturated heterocycles. The summed E-state index contributed by atoms with van der Waals surface area (Å²) in [6.45, 7) is 0.731. The highest BCUT2D eigenvalue weighted by molar-refractivity contribution is 5.76. The molecular formula is C16H20FN3. The summed E-state index contributed by atoms with van der Waals surface area (Å²) < 4.78 is 15.7. The molecule has 0 bridgehead atoms. The minimum Gasteiger partial charge on any atom is -0.330 e. The third-order valence-electron chi connectivity index (χ3n) is 5.02. The van der Waals surface area contributed by atoms with Crippen molar-refractivity contribution in [2.75, 3.05) is 6.54 Å². The summed E-state index contributed by atoms with van der Waals surface area (Å²) in [7, 11) is 0. The molecule has 4 rings (SSSR count). The van der Waals surface area contributed by atoms with Crippen LogP contribution in [0.1, 0.15) is 44.0 Å². The van der Waals surface area contributed by atoms with Gasteiger partial charge in [-0.15, -0.1) is 0 Å². The van der Waals surface area contributed by atoms with Gasteiger partial charge in [-0.05, 0) is 49.8 Å². The van der Waals surface area contributed by atoms with Gasteiger partial charge in [0.25, 0.3) is 0 Å². The maximum absolute atomic E-state index is 13.4. The first-order chi connectivity index (χ1) is 9.71. The molecule has 2 saturated carbocycles. The largest absolute Gasteiger partial charge is 0.330 e. The third kappa shape index (κ3) is 1.85. The molecule has 0 aliphatic heterocycles. The van der Waals surface area contributed by atoms with Crippen LogP contribution < -0.4 is 5.73 Å². The van der Waals surface area contributed by atoms with Crippen LogP contribution in [0.3, 0.4) is 0 Å². The summed E-state index contributed by atoms with van der Waals surface area (Å²) in [6, 6.07) is 5.52. The Kier molecular flexibility index (Phi) is 2.64. The van der Waals surface area contributed by atoms with E-state index in [-0.39, 0.29) is 11.2 Å². The fourth-order valence-corrected chi connectivity index (χ4v) is 3.45. The number of hydrogen-bond acceptors (Lipinski definition) is 2. The van der Waals surface area contributed by atoms with Crippen LogP contribution in [-0.4, -0.2) is 16.1 Å². The molecule has 0 amide bonds. The zero-order valence-electron chi connectivity index (χ0n) is 11.6. The Morgan fingerprint density at radius 2 is 2.15 bits per heavy atom. The minimum absolute atomic E-state index is 0.207. The predicted molar refractivity (Wildman–Crippen MR) is 77.0 cm³/mol. The molecule has 2 N–H and O–H groups in total. The van der Waals surface area contributed by atoms with Gasteiger partial charge >= 0.3 is 0 Å². The van der Waals surface area contributed by atoms with Gasteiger partial charge in [0.05, 0.1) is 11.0 Å². The average Bonchev–Trinajstić information content (AvgIpc) is 3.16. The number of fused-ring (bicyclic) bond motifs is 1. The lowest BCUT2D eigenvalue weighted by atomic mass is 9.66. The van der Waals surface area contributed by atoms with Gasteiger partial charge in [-0.1, -0.05) is 6.42 Å². The summed E-state index contributed by atoms with van der Waals surface area (Å²) in [5.74, 6) is 0.903. The van der Waals surface area contributed by atoms with Gasteiger partial charge in [-0.25, -0.2) is 9.37 Å². The van der Waals surface area contributed by atoms with Crippen molar-refractivity contribution in [3.05, 3.63) is 29.8 Å². The highest BCUT2D eigenvalue weighted by Gasteiger charge is 2.38. The number of benzene rings is 1. The predicted octanol–water partition coefficient (Wildman–Crippen LogP) is 3.18. The van der Waals surface area contributed by atoms with Gasteiger partial charge < -0.3 is 10.3 Å². The van der Waals surface area contributed by atoms with E-state index in [1.807, 2.05) is 6.07 Å². The smallest absolute Gasteiger partial charge is 0.125 e. The van der Waals surface area contributed by atoms with Crippen LogP contribution in [-0.2, 0) is 6.42 Å². The van der Waals surface area contributed by atoms with E-state index < -0.39 is 0 Å². The van der Waals surface area contributed by atoms with Crippen molar-refractivity contribution >= 4 is 11.0 Å². The van der Waals surface area contributed by atoms with Crippen LogP contribution in [0.15, 0.2) is 18.2 Å². The Morgan fingerprint density at radius 1 is 1.35 bits per heavy atom. The normalized spacial score (nSPS) is 21.1. The Morgan fingerprint density at radius 3 is 2.75 bits per heavy atom. The molecule has 3 nitrogen and oxygen atoms in total. The van der Waals surface area contributed by atoms with Crippen molar-refractivity contribution in [2.45, 2.75) is 44.6 Å². The Labute approximate surface area is 118 Å². The fourth-order valence-electron chi connectivity index (χ4n) is 3.45. The van der Waals surface area contributed by atoms with Crippen molar-refractivity contribution in [1.82, 2.24) is 9.55 Å². The maximum atomic E-state index is 13.4. The van der Waals surface area contributed by atoms with Gasteiger partial charge in [0.2, 0.25) is 0 Å². The molecule has 0 radical (unpaired) electrons. The van der Waals surface area contributed by atoms with E-state index in [1.165, 1.54) is 38.2 Å². The maximum Gasteiger partial charge on any atom is 0.125 e. The second-order valence-corrected chi connectivity index (χ2v) is 6.50. The third-order valence-corrected chi connectivity index (χ3v) is 5.02. The van der Waals surface area contributed by atoms with Crippen molar-refractivity contribution in [1.29, 1.82) is 0 Å². The Hall–Kier alpha value is -1.42. The molecule has 0 spiro atoms. The summed E-state index contributed by atoms with van der Waals surface area (Å²) in [5.41, 5.74) is 8.09. The molecule has 1 aromatic heterocycles. The van der Waals surface area contributed by atoms with Crippen molar-refractivity contribution < 1.29 is 4.39 Å². The SMILES string of the molecule is NCC1(Cc2nc3cc(F)ccc3n2C2CC2)CCC1. The molecule has 0 unspecified atom stereocenters. The van der Waals surface area contributed by atoms with Gasteiger partial charge in [-0.3, -0.25) is 0 Å². The van der Waals surface area contributed by atoms with Crippen LogP contribution in [0.25, 0.3) is 11.0 Å². The van der Waals surface area contributed by atoms with E-state index >= 15 is 0 Å². The Bertz CT molecular complexity index is 648. The molecule has 2 aliphatic rings. The van der Waals surface area contributed by atoms with Gasteiger partial charge in [0.15, 0.2) is 0 Å². The highest BCUT2D eigenvalue weighted by atomic mass is 19.1. The number of nitrogens with two attached hydrogens (primary N) is 1. The minimum atomic E-state index is -0.207. The number of nitrogens with zero attached hydrogens (tertiary/aromatic N) is 2. The monoisotopic (exact) mass is 273 g/mol. The van der Waals surface area contributed by atoms with Crippen LogP contribution in [0, 0.1) is 11.2 Å². The number of imidazole rings is 1. The molecule has 4 heteroatoms. The molecule has 0 atom stereocenters. The highest BCUT2D eigenvalue weighted by Crippen LogP contribution is 2.45. The zero-order valence-corrected chi connectivity index (χ0v) is 11.6. The first-order valence-corrected chi connectivity index (χ1v) is 7.57. The van der Waals surface area contributed by atoms with E-state index in [9.17, 15) is 4.39 Å². The molecule has 20 heavy (non-hydrogen) atoms. The number of halogens is 1. The molecule has 2 fully saturated rings. The van der Waals surface area contributed by atoms with Crippen molar-refractivity contribution in [3.8, 4) is 0 Å². The summed E-state index contributed by atoms with van der Waals surface area (Å²) in [4.78, 5) is 4.72. The number of rotatable bonds is 4. The molecule has 2 aromatic rings. The van der Waals surface area contributed by atoms with Crippen molar-refractivity contribution in [2.24, 2.45) is 11.1 Å². The lowest BCUT2D eigenvalue weighted by Crippen LogP contribution is -2.39. The van der Waals surface area contributed by atoms with E-state index in [1.54, 1.807) is 6.07 Å². The summed E-state index contributed by atoms with van der Waals surface area (Å²) >= 11 is 0. The lowest BCUT2D eigenvalue weighted by Gasteiger charge is -2.40. The van der Waals surface area contributed by atoms with E-state index in [0.29, 0.717) is 6.04 Å². The van der Waals surface area contributed by atoms with Crippen molar-refractivity contribution in [3.63, 3.8) is 0 Å². The molecule has 106 valence electrons. The standard InChI is InChI=1S/C16H20FN3/c17-11-2-5-14-13(8-11)19-15(20(14)12-3-4-12)9-16(10-18)6-1-7-16/h2,5,8,12H,1,3-4,6-7,9-10,18H2. The summed E-state index contributed by atoms with van der Waals surface area (Å²) in [6.07, 6.45) is 7.04. The van der Waals surface area contributed by atoms with Crippen LogP contribution in [0.5, 0.6) is 0 Å². The first-order valence-electron chi connectivity index (χ1n) is 7.57. The zero-order chi connectivity index (χ0) is 13.7. The topological polar surface area (TPSA) is 43.8 Å². The molecule has 2 aliphatic carbocycles. The Balaban J connectivity index is 1.79. The van der Waals surface area contributed by atoms with E-state index in [4.69, 9.17) is 10.7 Å². The van der Waals surface area contributed by atoms with Gasteiger partial charge in [0, 0.05) is 18.5 Å². The number of aromatic nitrogens is 2. The van der Waals surface area contributed by atoms with Crippen LogP contribution in [0.4, 0.5) is 4.39 Å². The quantitative estimate of drug-likeness (QED) is 0.929. The van der Waals surface area contributed by atoms with E-state index in [2.05, 4.69) is 4.57 Å². The lowest BCUT2D eigenvalue weighted by molar-refractivity contribution is 0.140. The first kappa shape index (κ1) is 12.3. The van der Waals surface area contributed by atoms with Gasteiger partial charge in [0.1, 0.15) is 11.6 Å². The van der Waals surface area contributed by atoms with E-state index in [0.717, 1.165) is 29.8 Å². The van der Waals surface area contributed by atoms with Crippen LogP contribution in [0.2, 0.25) is 0 Å². The molecule has 1 heterocycles.